The van der Waals surface area contributed by atoms with Crippen LogP contribution < -0.4 is 0 Å². The minimum absolute atomic E-state index is 0.149. The fourth-order valence-electron chi connectivity index (χ4n) is 6.19. The average molecular weight is 405 g/mol. The van der Waals surface area contributed by atoms with Gasteiger partial charge in [-0.2, -0.15) is 0 Å². The van der Waals surface area contributed by atoms with Crippen LogP contribution in [0.3, 0.4) is 0 Å². The summed E-state index contributed by atoms with van der Waals surface area (Å²) in [7, 11) is 0. The Morgan fingerprint density at radius 3 is 2.48 bits per heavy atom. The lowest BCUT2D eigenvalue weighted by Crippen LogP contribution is -2.40. The third-order valence-corrected chi connectivity index (χ3v) is 8.08. The molecule has 0 bridgehead atoms. The second-order valence-corrected chi connectivity index (χ2v) is 10.3. The molecule has 0 spiro atoms. The van der Waals surface area contributed by atoms with Gasteiger partial charge in [0, 0.05) is 6.42 Å². The van der Waals surface area contributed by atoms with E-state index < -0.39 is 0 Å². The quantitative estimate of drug-likeness (QED) is 0.482. The maximum Gasteiger partial charge on any atom is 0.165 e. The molecule has 0 radical (unpaired) electrons. The summed E-state index contributed by atoms with van der Waals surface area (Å²) in [5.41, 5.74) is 3.40. The molecule has 0 amide bonds. The molecule has 5 atom stereocenters. The zero-order valence-electron chi connectivity index (χ0n) is 19.5. The van der Waals surface area contributed by atoms with Crippen molar-refractivity contribution in [2.75, 3.05) is 13.2 Å². The van der Waals surface area contributed by atoms with Gasteiger partial charge in [-0.15, -0.1) is 0 Å². The minimum Gasteiger partial charge on any atom is -0.393 e. The van der Waals surface area contributed by atoms with E-state index >= 15 is 0 Å². The SMILES string of the molecule is CCCC(C1=CC=C2CC(O)CC[C@]2(C)C1CCC)C(C)CCC1(C)OCCO1. The first-order valence-corrected chi connectivity index (χ1v) is 12.2. The number of aliphatic hydroxyl groups is 1. The zero-order valence-corrected chi connectivity index (χ0v) is 19.5. The summed E-state index contributed by atoms with van der Waals surface area (Å²) in [5.74, 6) is 1.49. The molecule has 4 unspecified atom stereocenters. The van der Waals surface area contributed by atoms with E-state index in [0.29, 0.717) is 17.8 Å². The topological polar surface area (TPSA) is 38.7 Å². The summed E-state index contributed by atoms with van der Waals surface area (Å²) >= 11 is 0. The van der Waals surface area contributed by atoms with E-state index in [0.717, 1.165) is 45.3 Å². The van der Waals surface area contributed by atoms with Crippen LogP contribution in [-0.2, 0) is 9.47 Å². The van der Waals surface area contributed by atoms with Crippen molar-refractivity contribution in [3.63, 3.8) is 0 Å². The van der Waals surface area contributed by atoms with Crippen LogP contribution in [0.25, 0.3) is 0 Å². The van der Waals surface area contributed by atoms with E-state index in [4.69, 9.17) is 9.47 Å². The summed E-state index contributed by atoms with van der Waals surface area (Å²) in [6, 6.07) is 0. The van der Waals surface area contributed by atoms with Crippen molar-refractivity contribution in [2.45, 2.75) is 104 Å². The normalized spacial score (nSPS) is 33.6. The molecule has 166 valence electrons. The van der Waals surface area contributed by atoms with Crippen LogP contribution in [0.5, 0.6) is 0 Å². The summed E-state index contributed by atoms with van der Waals surface area (Å²) in [5, 5.41) is 10.2. The van der Waals surface area contributed by atoms with Crippen LogP contribution in [0.4, 0.5) is 0 Å². The Morgan fingerprint density at radius 1 is 1.10 bits per heavy atom. The van der Waals surface area contributed by atoms with Crippen molar-refractivity contribution in [1.29, 1.82) is 0 Å². The van der Waals surface area contributed by atoms with E-state index in [1.54, 1.807) is 5.57 Å². The fourth-order valence-corrected chi connectivity index (χ4v) is 6.19. The van der Waals surface area contributed by atoms with Gasteiger partial charge < -0.3 is 14.6 Å². The Morgan fingerprint density at radius 2 is 1.83 bits per heavy atom. The molecule has 3 aliphatic rings. The first-order valence-electron chi connectivity index (χ1n) is 12.2. The van der Waals surface area contributed by atoms with Crippen LogP contribution in [0.2, 0.25) is 0 Å². The summed E-state index contributed by atoms with van der Waals surface area (Å²) < 4.78 is 11.7. The maximum absolute atomic E-state index is 10.2. The molecule has 0 aromatic carbocycles. The highest BCUT2D eigenvalue weighted by Crippen LogP contribution is 2.55. The second kappa shape index (κ2) is 9.66. The van der Waals surface area contributed by atoms with Crippen LogP contribution in [-0.4, -0.2) is 30.2 Å². The first kappa shape index (κ1) is 23.0. The summed E-state index contributed by atoms with van der Waals surface area (Å²) in [4.78, 5) is 0. The number of hydrogen-bond donors (Lipinski definition) is 1. The Kier molecular flexibility index (Phi) is 7.67. The minimum atomic E-state index is -0.382. The maximum atomic E-state index is 10.2. The Balaban J connectivity index is 1.81. The van der Waals surface area contributed by atoms with E-state index in [2.05, 4.69) is 46.8 Å². The molecule has 3 rings (SSSR count). The van der Waals surface area contributed by atoms with Gasteiger partial charge in [0.05, 0.1) is 19.3 Å². The van der Waals surface area contributed by atoms with E-state index in [1.165, 1.54) is 31.3 Å². The number of aliphatic hydroxyl groups excluding tert-OH is 1. The molecule has 2 aliphatic carbocycles. The molecule has 29 heavy (non-hydrogen) atoms. The molecular formula is C26H44O3. The summed E-state index contributed by atoms with van der Waals surface area (Å²) in [6.07, 6.45) is 14.7. The molecule has 0 aromatic heterocycles. The van der Waals surface area contributed by atoms with Gasteiger partial charge in [-0.3, -0.25) is 0 Å². The standard InChI is InChI=1S/C26H44O3/c1-6-8-22(19(3)12-15-26(5)28-16-17-29-26)23-11-10-20-18-21(27)13-14-25(20,4)24(23)9-7-2/h10-11,19,21-22,24,27H,6-9,12-18H2,1-5H3/t19?,21?,22?,24?,25-/m0/s1. The van der Waals surface area contributed by atoms with Gasteiger partial charge >= 0.3 is 0 Å². The van der Waals surface area contributed by atoms with Gasteiger partial charge in [-0.05, 0) is 68.6 Å². The number of ether oxygens (including phenoxy) is 2. The molecule has 1 aliphatic heterocycles. The third-order valence-electron chi connectivity index (χ3n) is 8.08. The van der Waals surface area contributed by atoms with Crippen molar-refractivity contribution in [3.05, 3.63) is 23.3 Å². The van der Waals surface area contributed by atoms with Gasteiger partial charge in [0.1, 0.15) is 0 Å². The van der Waals surface area contributed by atoms with E-state index in [1.807, 2.05) is 0 Å². The van der Waals surface area contributed by atoms with Crippen LogP contribution in [0.1, 0.15) is 92.4 Å². The molecule has 1 N–H and O–H groups in total. The lowest BCUT2D eigenvalue weighted by molar-refractivity contribution is -0.149. The first-order chi connectivity index (χ1) is 13.8. The molecule has 0 aromatic rings. The van der Waals surface area contributed by atoms with Gasteiger partial charge in [0.25, 0.3) is 0 Å². The highest BCUT2D eigenvalue weighted by Gasteiger charge is 2.45. The van der Waals surface area contributed by atoms with E-state index in [9.17, 15) is 5.11 Å². The molecule has 1 heterocycles. The van der Waals surface area contributed by atoms with Gasteiger partial charge in [0.15, 0.2) is 5.79 Å². The van der Waals surface area contributed by atoms with Crippen LogP contribution >= 0.6 is 0 Å². The Hall–Kier alpha value is -0.640. The fraction of sp³-hybridized carbons (Fsp3) is 0.846. The third kappa shape index (κ3) is 4.99. The predicted molar refractivity (Wildman–Crippen MR) is 120 cm³/mol. The monoisotopic (exact) mass is 404 g/mol. The van der Waals surface area contributed by atoms with Gasteiger partial charge in [-0.1, -0.05) is 63.8 Å². The second-order valence-electron chi connectivity index (χ2n) is 10.3. The number of rotatable bonds is 9. The zero-order chi connectivity index (χ0) is 21.1. The highest BCUT2D eigenvalue weighted by atomic mass is 16.7. The van der Waals surface area contributed by atoms with Crippen molar-refractivity contribution in [1.82, 2.24) is 0 Å². The molecule has 1 saturated heterocycles. The van der Waals surface area contributed by atoms with Crippen molar-refractivity contribution in [3.8, 4) is 0 Å². The Bertz CT molecular complexity index is 601. The van der Waals surface area contributed by atoms with Crippen molar-refractivity contribution in [2.24, 2.45) is 23.2 Å². The number of fused-ring (bicyclic) bond motifs is 1. The average Bonchev–Trinajstić information content (AvgIpc) is 3.13. The van der Waals surface area contributed by atoms with Crippen molar-refractivity contribution >= 4 is 0 Å². The smallest absolute Gasteiger partial charge is 0.165 e. The molecular weight excluding hydrogens is 360 g/mol. The molecule has 1 saturated carbocycles. The molecule has 3 nitrogen and oxygen atoms in total. The highest BCUT2D eigenvalue weighted by molar-refractivity contribution is 5.36. The predicted octanol–water partition coefficient (Wildman–Crippen LogP) is 6.42. The summed E-state index contributed by atoms with van der Waals surface area (Å²) in [6.45, 7) is 13.1. The largest absolute Gasteiger partial charge is 0.393 e. The lowest BCUT2D eigenvalue weighted by Gasteiger charge is -2.49. The molecule has 3 heteroatoms. The number of hydrogen-bond acceptors (Lipinski definition) is 3. The van der Waals surface area contributed by atoms with Gasteiger partial charge in [-0.25, -0.2) is 0 Å². The Labute approximate surface area is 178 Å². The van der Waals surface area contributed by atoms with Crippen LogP contribution in [0.15, 0.2) is 23.3 Å². The molecule has 2 fully saturated rings. The lowest BCUT2D eigenvalue weighted by atomic mass is 9.56. The van der Waals surface area contributed by atoms with Crippen molar-refractivity contribution < 1.29 is 14.6 Å². The van der Waals surface area contributed by atoms with Crippen LogP contribution in [0, 0.1) is 23.2 Å². The van der Waals surface area contributed by atoms with E-state index in [-0.39, 0.29) is 17.3 Å². The number of allylic oxidation sites excluding steroid dienone is 3. The van der Waals surface area contributed by atoms with Gasteiger partial charge in [0.2, 0.25) is 0 Å².